The van der Waals surface area contributed by atoms with E-state index in [9.17, 15) is 14.4 Å². The molecule has 0 saturated heterocycles. The van der Waals surface area contributed by atoms with Gasteiger partial charge in [-0.2, -0.15) is 0 Å². The number of rotatable bonds is 6. The summed E-state index contributed by atoms with van der Waals surface area (Å²) >= 11 is 0. The summed E-state index contributed by atoms with van der Waals surface area (Å²) in [5, 5.41) is 25.3. The Labute approximate surface area is 110 Å². The Morgan fingerprint density at radius 3 is 1.84 bits per heavy atom. The molecule has 19 heavy (non-hydrogen) atoms. The van der Waals surface area contributed by atoms with Crippen LogP contribution < -0.4 is 16.6 Å². The molecule has 0 heterocycles. The lowest BCUT2D eigenvalue weighted by molar-refractivity contribution is -0.143. The number of aliphatic hydroxyl groups excluding tert-OH is 1. The van der Waals surface area contributed by atoms with Crippen molar-refractivity contribution in [3.63, 3.8) is 0 Å². The largest absolute Gasteiger partial charge is 0.480 e. The number of hydrogen-bond acceptors (Lipinski definition) is 6. The first-order valence-corrected chi connectivity index (χ1v) is 5.20. The van der Waals surface area contributed by atoms with Gasteiger partial charge in [-0.05, 0) is 19.9 Å². The average molecular weight is 277 g/mol. The molecule has 0 aromatic carbocycles. The summed E-state index contributed by atoms with van der Waals surface area (Å²) in [4.78, 5) is 30.6. The maximum Gasteiger partial charge on any atom is 0.325 e. The van der Waals surface area contributed by atoms with Crippen LogP contribution in [-0.4, -0.2) is 51.4 Å². The van der Waals surface area contributed by atoms with Gasteiger partial charge < -0.3 is 21.1 Å². The number of hydrogen-bond donors (Lipinski definition) is 6. The predicted octanol–water partition coefficient (Wildman–Crippen LogP) is -1.95. The van der Waals surface area contributed by atoms with Gasteiger partial charge in [-0.25, -0.2) is 5.43 Å². The lowest BCUT2D eigenvalue weighted by Crippen LogP contribution is -2.52. The Kier molecular flexibility index (Phi) is 10.2. The summed E-state index contributed by atoms with van der Waals surface area (Å²) in [5.74, 6) is -2.78. The monoisotopic (exact) mass is 277 g/mol. The highest BCUT2D eigenvalue weighted by atomic mass is 16.4. The van der Waals surface area contributed by atoms with E-state index in [4.69, 9.17) is 21.1 Å². The Hall–Kier alpha value is -1.97. The minimum absolute atomic E-state index is 0.563. The minimum atomic E-state index is -1.25. The molecule has 0 spiro atoms. The van der Waals surface area contributed by atoms with Crippen LogP contribution in [0, 0.1) is 0 Å². The first kappa shape index (κ1) is 19.4. The highest BCUT2D eigenvalue weighted by molar-refractivity contribution is 5.86. The van der Waals surface area contributed by atoms with Crippen LogP contribution in [0.2, 0.25) is 0 Å². The molecule has 9 nitrogen and oxygen atoms in total. The molecule has 9 heteroatoms. The molecule has 1 amide bonds. The van der Waals surface area contributed by atoms with E-state index >= 15 is 0 Å². The Balaban J connectivity index is 0. The Morgan fingerprint density at radius 1 is 1.21 bits per heavy atom. The predicted molar refractivity (Wildman–Crippen MR) is 65.9 cm³/mol. The van der Waals surface area contributed by atoms with Gasteiger partial charge in [0.25, 0.3) is 5.91 Å². The molecule has 3 unspecified atom stereocenters. The third-order valence-electron chi connectivity index (χ3n) is 1.67. The normalized spacial score (nSPS) is 14.1. The van der Waals surface area contributed by atoms with Crippen molar-refractivity contribution < 1.29 is 29.7 Å². The summed E-state index contributed by atoms with van der Waals surface area (Å²) in [7, 11) is 0. The highest BCUT2D eigenvalue weighted by Gasteiger charge is 2.22. The summed E-state index contributed by atoms with van der Waals surface area (Å²) < 4.78 is 0. The molecule has 0 aliphatic heterocycles. The smallest absolute Gasteiger partial charge is 0.325 e. The second-order valence-corrected chi connectivity index (χ2v) is 3.52. The van der Waals surface area contributed by atoms with Crippen molar-refractivity contribution in [2.24, 2.45) is 5.73 Å². The van der Waals surface area contributed by atoms with E-state index in [-0.39, 0.29) is 0 Å². The van der Waals surface area contributed by atoms with E-state index in [1.807, 2.05) is 5.43 Å². The molecule has 7 N–H and O–H groups in total. The fraction of sp³-hybridized carbons (Fsp3) is 0.500. The zero-order chi connectivity index (χ0) is 15.6. The van der Waals surface area contributed by atoms with Gasteiger partial charge in [0.05, 0.1) is 6.10 Å². The maximum absolute atomic E-state index is 10.6. The number of nitrogens with two attached hydrogens (primary N) is 1. The SMILES string of the molecule is C=CC(=O)NNC(C(=O)O)C(C)O.CC(N)C(=O)O. The Morgan fingerprint density at radius 2 is 1.63 bits per heavy atom. The van der Waals surface area contributed by atoms with E-state index < -0.39 is 36.0 Å². The van der Waals surface area contributed by atoms with Crippen LogP contribution in [0.3, 0.4) is 0 Å². The number of nitrogens with one attached hydrogen (secondary N) is 2. The van der Waals surface area contributed by atoms with Gasteiger partial charge in [0.2, 0.25) is 0 Å². The molecule has 0 fully saturated rings. The minimum Gasteiger partial charge on any atom is -0.480 e. The molecule has 0 rings (SSSR count). The maximum atomic E-state index is 10.6. The molecule has 0 aliphatic rings. The third kappa shape index (κ3) is 10.9. The molecule has 0 bridgehead atoms. The fourth-order valence-corrected chi connectivity index (χ4v) is 0.589. The quantitative estimate of drug-likeness (QED) is 0.241. The number of aliphatic carboxylic acids is 2. The standard InChI is InChI=1S/C7H12N2O4.C3H7NO2/c1-3-5(11)8-9-6(4(2)10)7(12)13;1-2(4)3(5)6/h3-4,6,9-10H,1H2,2H3,(H,8,11)(H,12,13);2H,4H2,1H3,(H,5,6). The number of carboxylic acids is 2. The van der Waals surface area contributed by atoms with Gasteiger partial charge in [-0.1, -0.05) is 6.58 Å². The van der Waals surface area contributed by atoms with Crippen molar-refractivity contribution in [2.45, 2.75) is 32.0 Å². The third-order valence-corrected chi connectivity index (χ3v) is 1.67. The molecular formula is C10H19N3O6. The van der Waals surface area contributed by atoms with Crippen LogP contribution in [0.4, 0.5) is 0 Å². The van der Waals surface area contributed by atoms with Crippen molar-refractivity contribution in [1.82, 2.24) is 10.9 Å². The molecule has 110 valence electrons. The summed E-state index contributed by atoms with van der Waals surface area (Å²) in [6, 6.07) is -1.96. The zero-order valence-corrected chi connectivity index (χ0v) is 10.7. The number of hydrazine groups is 1. The van der Waals surface area contributed by atoms with Gasteiger partial charge >= 0.3 is 11.9 Å². The van der Waals surface area contributed by atoms with Gasteiger partial charge in [-0.3, -0.25) is 19.8 Å². The van der Waals surface area contributed by atoms with Crippen LogP contribution in [-0.2, 0) is 14.4 Å². The highest BCUT2D eigenvalue weighted by Crippen LogP contribution is 1.90. The second kappa shape index (κ2) is 10.00. The van der Waals surface area contributed by atoms with Crippen molar-refractivity contribution in [2.75, 3.05) is 0 Å². The van der Waals surface area contributed by atoms with E-state index in [1.165, 1.54) is 13.8 Å². The molecular weight excluding hydrogens is 258 g/mol. The van der Waals surface area contributed by atoms with Crippen LogP contribution in [0.5, 0.6) is 0 Å². The first-order valence-electron chi connectivity index (χ1n) is 5.20. The molecule has 0 aromatic heterocycles. The van der Waals surface area contributed by atoms with Crippen molar-refractivity contribution >= 4 is 17.8 Å². The fourth-order valence-electron chi connectivity index (χ4n) is 0.589. The number of carbonyl (C=O) groups excluding carboxylic acids is 1. The number of carboxylic acid groups (broad SMARTS) is 2. The Bertz CT molecular complexity index is 329. The first-order chi connectivity index (χ1) is 8.63. The zero-order valence-electron chi connectivity index (χ0n) is 10.7. The lowest BCUT2D eigenvalue weighted by atomic mass is 10.2. The van der Waals surface area contributed by atoms with Crippen LogP contribution in [0.1, 0.15) is 13.8 Å². The van der Waals surface area contributed by atoms with Crippen molar-refractivity contribution in [3.05, 3.63) is 12.7 Å². The molecule has 0 aliphatic carbocycles. The van der Waals surface area contributed by atoms with E-state index in [0.29, 0.717) is 0 Å². The average Bonchev–Trinajstić information content (AvgIpc) is 2.28. The van der Waals surface area contributed by atoms with Gasteiger partial charge in [0, 0.05) is 0 Å². The van der Waals surface area contributed by atoms with E-state index in [1.54, 1.807) is 0 Å². The number of amides is 1. The van der Waals surface area contributed by atoms with Crippen molar-refractivity contribution in [3.8, 4) is 0 Å². The van der Waals surface area contributed by atoms with Gasteiger partial charge in [-0.15, -0.1) is 0 Å². The molecule has 0 aromatic rings. The van der Waals surface area contributed by atoms with Crippen molar-refractivity contribution in [1.29, 1.82) is 0 Å². The second-order valence-electron chi connectivity index (χ2n) is 3.52. The topological polar surface area (TPSA) is 162 Å². The van der Waals surface area contributed by atoms with Crippen LogP contribution in [0.25, 0.3) is 0 Å². The van der Waals surface area contributed by atoms with Gasteiger partial charge in [0.1, 0.15) is 12.1 Å². The van der Waals surface area contributed by atoms with E-state index in [0.717, 1.165) is 6.08 Å². The number of carbonyl (C=O) groups is 3. The summed E-state index contributed by atoms with van der Waals surface area (Å²) in [6.07, 6.45) is -0.129. The summed E-state index contributed by atoms with van der Waals surface area (Å²) in [6.45, 7) is 5.88. The molecule has 0 radical (unpaired) electrons. The molecule has 0 saturated carbocycles. The molecule has 3 atom stereocenters. The lowest BCUT2D eigenvalue weighted by Gasteiger charge is -2.16. The van der Waals surface area contributed by atoms with Crippen LogP contribution in [0.15, 0.2) is 12.7 Å². The summed E-state index contributed by atoms with van der Waals surface area (Å²) in [5.41, 5.74) is 9.03. The number of aliphatic hydroxyl groups is 1. The van der Waals surface area contributed by atoms with E-state index in [2.05, 4.69) is 12.0 Å². The van der Waals surface area contributed by atoms with Crippen LogP contribution >= 0.6 is 0 Å². The van der Waals surface area contributed by atoms with Gasteiger partial charge in [0.15, 0.2) is 0 Å².